The fraction of sp³-hybridized carbons (Fsp3) is 0.312. The molecule has 0 spiro atoms. The molecule has 0 saturated heterocycles. The smallest absolute Gasteiger partial charge is 0.202 e. The number of nitrogens with zero attached hydrogens (tertiary/aromatic N) is 1. The van der Waals surface area contributed by atoms with E-state index in [0.29, 0.717) is 10.8 Å². The molecule has 0 saturated carbocycles. The summed E-state index contributed by atoms with van der Waals surface area (Å²) in [5, 5.41) is 0.596. The van der Waals surface area contributed by atoms with Gasteiger partial charge >= 0.3 is 0 Å². The third-order valence-corrected chi connectivity index (χ3v) is 3.59. The lowest BCUT2D eigenvalue weighted by Crippen LogP contribution is -2.12. The molecule has 3 nitrogen and oxygen atoms in total. The Bertz CT molecular complexity index is 631. The lowest BCUT2D eigenvalue weighted by Gasteiger charge is -2.07. The number of hydrogen-bond acceptors (Lipinski definition) is 2. The molecule has 0 fully saturated rings. The van der Waals surface area contributed by atoms with Gasteiger partial charge in [-0.05, 0) is 45.0 Å². The van der Waals surface area contributed by atoms with Crippen molar-refractivity contribution in [1.29, 1.82) is 0 Å². The van der Waals surface area contributed by atoms with Crippen molar-refractivity contribution >= 4 is 17.4 Å². The van der Waals surface area contributed by atoms with Crippen LogP contribution in [0.25, 0.3) is 0 Å². The van der Waals surface area contributed by atoms with Crippen LogP contribution in [0.4, 0.5) is 0 Å². The molecule has 2 aromatic rings. The van der Waals surface area contributed by atoms with Crippen LogP contribution >= 0.6 is 11.6 Å². The van der Waals surface area contributed by atoms with E-state index in [2.05, 4.69) is 11.5 Å². The van der Waals surface area contributed by atoms with E-state index in [-0.39, 0.29) is 12.4 Å². The van der Waals surface area contributed by atoms with E-state index in [0.717, 1.165) is 23.5 Å². The van der Waals surface area contributed by atoms with E-state index in [1.807, 2.05) is 19.9 Å². The highest BCUT2D eigenvalue weighted by atomic mass is 35.5. The number of benzene rings is 1. The van der Waals surface area contributed by atoms with Crippen molar-refractivity contribution in [1.82, 2.24) is 4.57 Å². The lowest BCUT2D eigenvalue weighted by atomic mass is 10.1. The Labute approximate surface area is 124 Å². The SMILES string of the molecule is CCn1c(C)cc(C(=O)COc2cccc(Cl)c2)c1C. The summed E-state index contributed by atoms with van der Waals surface area (Å²) < 4.78 is 7.62. The van der Waals surface area contributed by atoms with E-state index in [1.54, 1.807) is 24.3 Å². The van der Waals surface area contributed by atoms with Gasteiger partial charge < -0.3 is 9.30 Å². The molecule has 1 aromatic heterocycles. The molecule has 0 unspecified atom stereocenters. The Hall–Kier alpha value is -1.74. The predicted octanol–water partition coefficient (Wildman–Crippen LogP) is 4.04. The molecule has 0 aliphatic rings. The van der Waals surface area contributed by atoms with Crippen LogP contribution in [0, 0.1) is 13.8 Å². The monoisotopic (exact) mass is 291 g/mol. The summed E-state index contributed by atoms with van der Waals surface area (Å²) in [6, 6.07) is 8.97. The Kier molecular flexibility index (Phi) is 4.50. The highest BCUT2D eigenvalue weighted by Gasteiger charge is 2.15. The first-order chi connectivity index (χ1) is 9.52. The molecule has 0 aliphatic heterocycles. The first-order valence-corrected chi connectivity index (χ1v) is 6.99. The highest BCUT2D eigenvalue weighted by Crippen LogP contribution is 2.19. The molecule has 20 heavy (non-hydrogen) atoms. The average Bonchev–Trinajstić information content (AvgIpc) is 2.71. The van der Waals surface area contributed by atoms with Gasteiger partial charge in [-0.15, -0.1) is 0 Å². The lowest BCUT2D eigenvalue weighted by molar-refractivity contribution is 0.0921. The van der Waals surface area contributed by atoms with Crippen LogP contribution < -0.4 is 4.74 Å². The molecule has 0 bridgehead atoms. The minimum absolute atomic E-state index is 0.0159. The summed E-state index contributed by atoms with van der Waals surface area (Å²) in [6.45, 7) is 6.92. The van der Waals surface area contributed by atoms with Crippen molar-refractivity contribution in [2.75, 3.05) is 6.61 Å². The Balaban J connectivity index is 2.09. The van der Waals surface area contributed by atoms with Gasteiger partial charge in [0.2, 0.25) is 5.78 Å². The standard InChI is InChI=1S/C16H18ClNO2/c1-4-18-11(2)8-15(12(18)3)16(19)10-20-14-7-5-6-13(17)9-14/h5-9H,4,10H2,1-3H3. The highest BCUT2D eigenvalue weighted by molar-refractivity contribution is 6.30. The van der Waals surface area contributed by atoms with Gasteiger partial charge in [-0.3, -0.25) is 4.79 Å². The molecule has 2 rings (SSSR count). The van der Waals surface area contributed by atoms with Gasteiger partial charge in [0, 0.05) is 28.5 Å². The van der Waals surface area contributed by atoms with Crippen LogP contribution in [0.15, 0.2) is 30.3 Å². The van der Waals surface area contributed by atoms with Gasteiger partial charge in [0.15, 0.2) is 6.61 Å². The third kappa shape index (κ3) is 3.05. The third-order valence-electron chi connectivity index (χ3n) is 3.36. The first-order valence-electron chi connectivity index (χ1n) is 6.61. The molecule has 0 aliphatic carbocycles. The van der Waals surface area contributed by atoms with E-state index in [4.69, 9.17) is 16.3 Å². The number of carbonyl (C=O) groups is 1. The van der Waals surface area contributed by atoms with Gasteiger partial charge in [-0.25, -0.2) is 0 Å². The molecule has 0 amide bonds. The van der Waals surface area contributed by atoms with Crippen LogP contribution in [-0.4, -0.2) is 17.0 Å². The predicted molar refractivity (Wildman–Crippen MR) is 80.9 cm³/mol. The average molecular weight is 292 g/mol. The Morgan fingerprint density at radius 2 is 2.05 bits per heavy atom. The van der Waals surface area contributed by atoms with Crippen molar-refractivity contribution in [3.63, 3.8) is 0 Å². The van der Waals surface area contributed by atoms with Crippen LogP contribution in [0.3, 0.4) is 0 Å². The summed E-state index contributed by atoms with van der Waals surface area (Å²) in [5.74, 6) is 0.591. The number of ketones is 1. The number of aromatic nitrogens is 1. The molecule has 1 aromatic carbocycles. The number of Topliss-reactive ketones (excluding diaryl/α,β-unsaturated/α-hetero) is 1. The van der Waals surface area contributed by atoms with Crippen LogP contribution in [0.2, 0.25) is 5.02 Å². The van der Waals surface area contributed by atoms with Gasteiger partial charge in [0.1, 0.15) is 5.75 Å². The van der Waals surface area contributed by atoms with E-state index in [1.165, 1.54) is 0 Å². The number of hydrogen-bond donors (Lipinski definition) is 0. The number of aryl methyl sites for hydroxylation is 1. The normalized spacial score (nSPS) is 10.6. The summed E-state index contributed by atoms with van der Waals surface area (Å²) in [7, 11) is 0. The number of halogens is 1. The molecular weight excluding hydrogens is 274 g/mol. The van der Waals surface area contributed by atoms with Crippen molar-refractivity contribution in [3.8, 4) is 5.75 Å². The van der Waals surface area contributed by atoms with Gasteiger partial charge in [-0.2, -0.15) is 0 Å². The van der Waals surface area contributed by atoms with Crippen LogP contribution in [0.1, 0.15) is 28.7 Å². The maximum absolute atomic E-state index is 12.2. The fourth-order valence-corrected chi connectivity index (χ4v) is 2.53. The zero-order chi connectivity index (χ0) is 14.7. The van der Waals surface area contributed by atoms with E-state index < -0.39 is 0 Å². The van der Waals surface area contributed by atoms with Crippen LogP contribution in [-0.2, 0) is 6.54 Å². The minimum atomic E-state index is -0.0159. The maximum atomic E-state index is 12.2. The van der Waals surface area contributed by atoms with E-state index >= 15 is 0 Å². The van der Waals surface area contributed by atoms with Crippen molar-refractivity contribution in [2.45, 2.75) is 27.3 Å². The van der Waals surface area contributed by atoms with Crippen molar-refractivity contribution in [3.05, 3.63) is 52.3 Å². The first kappa shape index (κ1) is 14.7. The van der Waals surface area contributed by atoms with Gasteiger partial charge in [0.05, 0.1) is 0 Å². The zero-order valence-electron chi connectivity index (χ0n) is 11.9. The number of rotatable bonds is 5. The molecule has 1 heterocycles. The summed E-state index contributed by atoms with van der Waals surface area (Å²) in [5.41, 5.74) is 2.81. The van der Waals surface area contributed by atoms with Crippen molar-refractivity contribution in [2.24, 2.45) is 0 Å². The Morgan fingerprint density at radius 3 is 2.65 bits per heavy atom. The summed E-state index contributed by atoms with van der Waals surface area (Å²) in [4.78, 5) is 12.2. The minimum Gasteiger partial charge on any atom is -0.485 e. The molecule has 106 valence electrons. The number of ether oxygens (including phenoxy) is 1. The largest absolute Gasteiger partial charge is 0.485 e. The summed E-state index contributed by atoms with van der Waals surface area (Å²) in [6.07, 6.45) is 0. The maximum Gasteiger partial charge on any atom is 0.202 e. The van der Waals surface area contributed by atoms with Gasteiger partial charge in [0.25, 0.3) is 0 Å². The summed E-state index contributed by atoms with van der Waals surface area (Å²) >= 11 is 5.88. The van der Waals surface area contributed by atoms with Gasteiger partial charge in [-0.1, -0.05) is 17.7 Å². The molecule has 0 atom stereocenters. The zero-order valence-corrected chi connectivity index (χ0v) is 12.7. The second-order valence-corrected chi connectivity index (χ2v) is 5.13. The molecule has 0 radical (unpaired) electrons. The second kappa shape index (κ2) is 6.14. The quantitative estimate of drug-likeness (QED) is 0.779. The molecule has 0 N–H and O–H groups in total. The van der Waals surface area contributed by atoms with Crippen LogP contribution in [0.5, 0.6) is 5.75 Å². The second-order valence-electron chi connectivity index (χ2n) is 4.70. The number of carbonyl (C=O) groups excluding carboxylic acids is 1. The van der Waals surface area contributed by atoms with E-state index in [9.17, 15) is 4.79 Å². The fourth-order valence-electron chi connectivity index (χ4n) is 2.35. The van der Waals surface area contributed by atoms with Crippen molar-refractivity contribution < 1.29 is 9.53 Å². The topological polar surface area (TPSA) is 31.2 Å². The molecule has 4 heteroatoms. The Morgan fingerprint density at radius 1 is 1.30 bits per heavy atom. The molecular formula is C16H18ClNO2.